The highest BCUT2D eigenvalue weighted by atomic mass is 15.8. The molecule has 0 aromatic heterocycles. The normalized spacial score (nSPS) is 19.2. The molecule has 0 radical (unpaired) electrons. The minimum absolute atomic E-state index is 0.506. The van der Waals surface area contributed by atoms with Gasteiger partial charge in [-0.2, -0.15) is 0 Å². The van der Waals surface area contributed by atoms with Crippen LogP contribution in [0.5, 0.6) is 0 Å². The van der Waals surface area contributed by atoms with Crippen LogP contribution in [0.25, 0.3) is 0 Å². The van der Waals surface area contributed by atoms with E-state index in [-0.39, 0.29) is 0 Å². The second-order valence-electron chi connectivity index (χ2n) is 3.49. The molecule has 0 aromatic carbocycles. The zero-order valence-electron chi connectivity index (χ0n) is 8.75. The lowest BCUT2D eigenvalue weighted by Crippen LogP contribution is -2.45. The molecule has 0 aliphatic carbocycles. The van der Waals surface area contributed by atoms with Crippen LogP contribution in [0.3, 0.4) is 0 Å². The maximum Gasteiger partial charge on any atom is 0.0479 e. The molecule has 0 aromatic rings. The first-order valence-corrected chi connectivity index (χ1v) is 4.85. The highest BCUT2D eigenvalue weighted by Crippen LogP contribution is 2.16. The number of nitrogens with zero attached hydrogens (tertiary/aromatic N) is 2. The maximum absolute atomic E-state index is 5.57. The van der Waals surface area contributed by atoms with Crippen molar-refractivity contribution in [2.24, 2.45) is 5.73 Å². The largest absolute Gasteiger partial charge is 0.330 e. The van der Waals surface area contributed by atoms with E-state index >= 15 is 0 Å². The van der Waals surface area contributed by atoms with Crippen LogP contribution in [0.4, 0.5) is 0 Å². The van der Waals surface area contributed by atoms with E-state index in [1.165, 1.54) is 5.70 Å². The Kier molecular flexibility index (Phi) is 3.57. The van der Waals surface area contributed by atoms with Crippen molar-refractivity contribution in [2.75, 3.05) is 13.6 Å². The van der Waals surface area contributed by atoms with Crippen molar-refractivity contribution in [3.05, 3.63) is 11.9 Å². The molecule has 1 atom stereocenters. The number of nitrogens with one attached hydrogen (secondary N) is 1. The molecule has 3 N–H and O–H groups in total. The van der Waals surface area contributed by atoms with Gasteiger partial charge in [-0.1, -0.05) is 6.92 Å². The van der Waals surface area contributed by atoms with Gasteiger partial charge in [0.2, 0.25) is 0 Å². The van der Waals surface area contributed by atoms with Gasteiger partial charge in [0.25, 0.3) is 0 Å². The van der Waals surface area contributed by atoms with Crippen LogP contribution in [0.15, 0.2) is 11.9 Å². The Morgan fingerprint density at radius 2 is 2.31 bits per heavy atom. The van der Waals surface area contributed by atoms with Crippen LogP contribution in [-0.2, 0) is 0 Å². The lowest BCUT2D eigenvalue weighted by molar-refractivity contribution is 0.0986. The molecule has 0 bridgehead atoms. The van der Waals surface area contributed by atoms with E-state index in [9.17, 15) is 0 Å². The second-order valence-corrected chi connectivity index (χ2v) is 3.49. The van der Waals surface area contributed by atoms with E-state index in [0.717, 1.165) is 19.4 Å². The standard InChI is InChI=1S/C9H20N4/c1-4-9(5-6-10)13-8(2)7-12(3)11-13/h7,9,11H,4-6,10H2,1-3H3. The SMILES string of the molecule is CCC(CCN)N1NN(C)C=C1C. The van der Waals surface area contributed by atoms with Gasteiger partial charge in [-0.3, -0.25) is 10.0 Å². The first kappa shape index (κ1) is 10.3. The molecule has 0 saturated carbocycles. The summed E-state index contributed by atoms with van der Waals surface area (Å²) in [5.74, 6) is 0. The molecule has 1 aliphatic heterocycles. The maximum atomic E-state index is 5.57. The number of rotatable bonds is 4. The van der Waals surface area contributed by atoms with Gasteiger partial charge in [0.15, 0.2) is 0 Å². The summed E-state index contributed by atoms with van der Waals surface area (Å²) in [7, 11) is 2.00. The number of hydrogen-bond donors (Lipinski definition) is 2. The van der Waals surface area contributed by atoms with Gasteiger partial charge in [0.1, 0.15) is 0 Å². The van der Waals surface area contributed by atoms with E-state index in [0.29, 0.717) is 6.04 Å². The minimum Gasteiger partial charge on any atom is -0.330 e. The van der Waals surface area contributed by atoms with Gasteiger partial charge in [0.05, 0.1) is 0 Å². The number of nitrogens with two attached hydrogens (primary N) is 1. The van der Waals surface area contributed by atoms with Crippen molar-refractivity contribution in [3.8, 4) is 0 Å². The molecule has 0 amide bonds. The third-order valence-electron chi connectivity index (χ3n) is 2.36. The summed E-state index contributed by atoms with van der Waals surface area (Å²) in [5.41, 5.74) is 10.1. The Balaban J connectivity index is 2.55. The minimum atomic E-state index is 0.506. The van der Waals surface area contributed by atoms with Crippen molar-refractivity contribution in [1.29, 1.82) is 0 Å². The van der Waals surface area contributed by atoms with Gasteiger partial charge in [-0.15, -0.1) is 5.53 Å². The predicted octanol–water partition coefficient (Wildman–Crippen LogP) is 0.642. The van der Waals surface area contributed by atoms with E-state index in [4.69, 9.17) is 5.73 Å². The molecule has 13 heavy (non-hydrogen) atoms. The van der Waals surface area contributed by atoms with Crippen molar-refractivity contribution in [2.45, 2.75) is 32.7 Å². The van der Waals surface area contributed by atoms with Crippen LogP contribution in [0.1, 0.15) is 26.7 Å². The highest BCUT2D eigenvalue weighted by molar-refractivity contribution is 5.01. The average molecular weight is 184 g/mol. The number of hydrogen-bond acceptors (Lipinski definition) is 4. The van der Waals surface area contributed by atoms with Crippen molar-refractivity contribution in [3.63, 3.8) is 0 Å². The molecule has 4 nitrogen and oxygen atoms in total. The fraction of sp³-hybridized carbons (Fsp3) is 0.778. The summed E-state index contributed by atoms with van der Waals surface area (Å²) in [6.45, 7) is 5.04. The fourth-order valence-corrected chi connectivity index (χ4v) is 1.70. The van der Waals surface area contributed by atoms with E-state index in [1.807, 2.05) is 12.1 Å². The Bertz CT molecular complexity index is 190. The van der Waals surface area contributed by atoms with Crippen molar-refractivity contribution >= 4 is 0 Å². The van der Waals surface area contributed by atoms with Crippen LogP contribution in [-0.4, -0.2) is 29.7 Å². The topological polar surface area (TPSA) is 44.5 Å². The first-order valence-electron chi connectivity index (χ1n) is 4.85. The van der Waals surface area contributed by atoms with Crippen LogP contribution in [0.2, 0.25) is 0 Å². The van der Waals surface area contributed by atoms with E-state index < -0.39 is 0 Å². The summed E-state index contributed by atoms with van der Waals surface area (Å²) in [6.07, 6.45) is 4.23. The second kappa shape index (κ2) is 4.48. The monoisotopic (exact) mass is 184 g/mol. The van der Waals surface area contributed by atoms with E-state index in [2.05, 4.69) is 30.6 Å². The van der Waals surface area contributed by atoms with E-state index in [1.54, 1.807) is 0 Å². The molecular formula is C9H20N4. The Labute approximate surface area is 80.3 Å². The van der Waals surface area contributed by atoms with Crippen molar-refractivity contribution < 1.29 is 0 Å². The summed E-state index contributed by atoms with van der Waals surface area (Å²) < 4.78 is 0. The lowest BCUT2D eigenvalue weighted by atomic mass is 10.1. The summed E-state index contributed by atoms with van der Waals surface area (Å²) in [5, 5.41) is 4.15. The zero-order chi connectivity index (χ0) is 9.84. The molecule has 1 unspecified atom stereocenters. The highest BCUT2D eigenvalue weighted by Gasteiger charge is 2.21. The fourth-order valence-electron chi connectivity index (χ4n) is 1.70. The van der Waals surface area contributed by atoms with Gasteiger partial charge in [-0.25, -0.2) is 0 Å². The molecule has 1 rings (SSSR count). The summed E-state index contributed by atoms with van der Waals surface area (Å²) in [6, 6.07) is 0.506. The molecular weight excluding hydrogens is 164 g/mol. The molecule has 0 spiro atoms. The van der Waals surface area contributed by atoms with Gasteiger partial charge in [-0.05, 0) is 26.3 Å². The average Bonchev–Trinajstić information content (AvgIpc) is 2.41. The number of hydrazine groups is 2. The molecule has 0 fully saturated rings. The van der Waals surface area contributed by atoms with Crippen molar-refractivity contribution in [1.82, 2.24) is 15.6 Å². The van der Waals surface area contributed by atoms with Crippen LogP contribution >= 0.6 is 0 Å². The third kappa shape index (κ3) is 2.35. The van der Waals surface area contributed by atoms with Gasteiger partial charge in [0, 0.05) is 25.0 Å². The third-order valence-corrected chi connectivity index (χ3v) is 2.36. The van der Waals surface area contributed by atoms with Gasteiger partial charge >= 0.3 is 0 Å². The summed E-state index contributed by atoms with van der Waals surface area (Å²) >= 11 is 0. The predicted molar refractivity (Wildman–Crippen MR) is 54.2 cm³/mol. The zero-order valence-corrected chi connectivity index (χ0v) is 8.75. The Morgan fingerprint density at radius 3 is 2.69 bits per heavy atom. The molecule has 1 aliphatic rings. The van der Waals surface area contributed by atoms with Gasteiger partial charge < -0.3 is 5.73 Å². The smallest absolute Gasteiger partial charge is 0.0479 e. The Hall–Kier alpha value is -0.740. The number of allylic oxidation sites excluding steroid dienone is 1. The summed E-state index contributed by atoms with van der Waals surface area (Å²) in [4.78, 5) is 0. The molecule has 4 heteroatoms. The molecule has 0 saturated heterocycles. The first-order chi connectivity index (χ1) is 6.19. The molecule has 1 heterocycles. The van der Waals surface area contributed by atoms with Crippen LogP contribution in [0, 0.1) is 0 Å². The quantitative estimate of drug-likeness (QED) is 0.673. The van der Waals surface area contributed by atoms with Crippen LogP contribution < -0.4 is 11.3 Å². The lowest BCUT2D eigenvalue weighted by Gasteiger charge is -2.30. The Morgan fingerprint density at radius 1 is 1.62 bits per heavy atom. The molecule has 76 valence electrons.